The minimum atomic E-state index is -3.74. The van der Waals surface area contributed by atoms with Crippen LogP contribution in [0.4, 0.5) is 4.39 Å². The topological polar surface area (TPSA) is 60.9 Å². The number of benzene rings is 1. The maximum Gasteiger partial charge on any atom is 0.243 e. The fraction of sp³-hybridized carbons (Fsp3) is 0.588. The first-order valence-corrected chi connectivity index (χ1v) is 9.91. The summed E-state index contributed by atoms with van der Waals surface area (Å²) in [6, 6.07) is 4.98. The van der Waals surface area contributed by atoms with E-state index in [1.807, 2.05) is 4.90 Å². The highest BCUT2D eigenvalue weighted by molar-refractivity contribution is 7.89. The third-order valence-corrected chi connectivity index (χ3v) is 6.91. The Bertz CT molecular complexity index is 753. The molecule has 8 heteroatoms. The Kier molecular flexibility index (Phi) is 5.13. The first-order chi connectivity index (χ1) is 11.8. The SMILES string of the molecule is CN(C)C(=O)CN1C[C@@H]2CC[C@H](C1)N(S(=O)(=O)c1cccc(F)c1)C2. The van der Waals surface area contributed by atoms with Crippen molar-refractivity contribution in [3.63, 3.8) is 0 Å². The highest BCUT2D eigenvalue weighted by Gasteiger charge is 2.41. The van der Waals surface area contributed by atoms with Crippen LogP contribution < -0.4 is 0 Å². The normalized spacial score (nSPS) is 24.9. The monoisotopic (exact) mass is 369 g/mol. The predicted molar refractivity (Wildman–Crippen MR) is 91.9 cm³/mol. The van der Waals surface area contributed by atoms with Crippen molar-refractivity contribution in [2.75, 3.05) is 40.3 Å². The number of halogens is 1. The molecule has 0 N–H and O–H groups in total. The lowest BCUT2D eigenvalue weighted by Gasteiger charge is -2.35. The Hall–Kier alpha value is -1.51. The van der Waals surface area contributed by atoms with Crippen molar-refractivity contribution in [1.29, 1.82) is 0 Å². The van der Waals surface area contributed by atoms with Crippen LogP contribution in [-0.4, -0.2) is 74.7 Å². The van der Waals surface area contributed by atoms with Gasteiger partial charge in [0.1, 0.15) is 5.82 Å². The number of piperidine rings is 1. The van der Waals surface area contributed by atoms with Crippen LogP contribution in [0.5, 0.6) is 0 Å². The minimum absolute atomic E-state index is 0.00373. The smallest absolute Gasteiger partial charge is 0.243 e. The van der Waals surface area contributed by atoms with Crippen molar-refractivity contribution in [3.05, 3.63) is 30.1 Å². The first-order valence-electron chi connectivity index (χ1n) is 8.47. The second-order valence-corrected chi connectivity index (χ2v) is 9.00. The Morgan fingerprint density at radius 3 is 2.68 bits per heavy atom. The molecule has 0 unspecified atom stereocenters. The third kappa shape index (κ3) is 3.86. The largest absolute Gasteiger partial charge is 0.348 e. The maximum atomic E-state index is 13.5. The van der Waals surface area contributed by atoms with E-state index in [2.05, 4.69) is 0 Å². The molecule has 3 heterocycles. The summed E-state index contributed by atoms with van der Waals surface area (Å²) in [5, 5.41) is 0. The number of rotatable bonds is 4. The number of likely N-dealkylation sites (N-methyl/N-ethyl adjacent to an activating group) is 1. The molecule has 3 aliphatic rings. The zero-order valence-electron chi connectivity index (χ0n) is 14.6. The standard InChI is InChI=1S/C17H24FN3O3S/c1-19(2)17(22)12-20-9-13-6-7-15(11-20)21(10-13)25(23,24)16-5-3-4-14(18)8-16/h3-5,8,13,15H,6-7,9-12H2,1-2H3/t13-,15+/m0/s1. The lowest BCUT2D eigenvalue weighted by atomic mass is 9.97. The Morgan fingerprint density at radius 2 is 2.00 bits per heavy atom. The number of amides is 1. The van der Waals surface area contributed by atoms with Crippen molar-refractivity contribution >= 4 is 15.9 Å². The van der Waals surface area contributed by atoms with E-state index >= 15 is 0 Å². The molecule has 0 aliphatic carbocycles. The van der Waals surface area contributed by atoms with Gasteiger partial charge in [-0.05, 0) is 37.0 Å². The van der Waals surface area contributed by atoms with E-state index in [-0.39, 0.29) is 22.8 Å². The molecule has 3 aliphatic heterocycles. The first kappa shape index (κ1) is 18.3. The molecular formula is C17H24FN3O3S. The molecule has 2 atom stereocenters. The van der Waals surface area contributed by atoms with Crippen LogP contribution >= 0.6 is 0 Å². The van der Waals surface area contributed by atoms with E-state index in [4.69, 9.17) is 0 Å². The van der Waals surface area contributed by atoms with Gasteiger partial charge in [-0.2, -0.15) is 4.31 Å². The van der Waals surface area contributed by atoms with Gasteiger partial charge in [0.25, 0.3) is 0 Å². The minimum Gasteiger partial charge on any atom is -0.348 e. The molecule has 6 nitrogen and oxygen atoms in total. The van der Waals surface area contributed by atoms with E-state index in [1.54, 1.807) is 19.0 Å². The molecule has 138 valence electrons. The molecule has 3 fully saturated rings. The van der Waals surface area contributed by atoms with E-state index in [0.717, 1.165) is 18.9 Å². The molecule has 1 aromatic rings. The number of hydrogen-bond acceptors (Lipinski definition) is 4. The molecule has 1 aromatic carbocycles. The lowest BCUT2D eigenvalue weighted by molar-refractivity contribution is -0.129. The molecule has 4 rings (SSSR count). The van der Waals surface area contributed by atoms with Crippen LogP contribution in [0.15, 0.2) is 29.2 Å². The van der Waals surface area contributed by atoms with Gasteiger partial charge in [-0.1, -0.05) is 6.07 Å². The quantitative estimate of drug-likeness (QED) is 0.794. The van der Waals surface area contributed by atoms with Crippen LogP contribution in [0.2, 0.25) is 0 Å². The van der Waals surface area contributed by atoms with Gasteiger partial charge in [-0.15, -0.1) is 0 Å². The summed E-state index contributed by atoms with van der Waals surface area (Å²) >= 11 is 0. The Balaban J connectivity index is 1.82. The Morgan fingerprint density at radius 1 is 1.24 bits per heavy atom. The number of hydrogen-bond donors (Lipinski definition) is 0. The number of fused-ring (bicyclic) bond motifs is 4. The van der Waals surface area contributed by atoms with Gasteiger partial charge in [0.2, 0.25) is 15.9 Å². The van der Waals surface area contributed by atoms with E-state index in [1.165, 1.54) is 22.5 Å². The fourth-order valence-electron chi connectivity index (χ4n) is 3.66. The average molecular weight is 369 g/mol. The van der Waals surface area contributed by atoms with Gasteiger partial charge >= 0.3 is 0 Å². The van der Waals surface area contributed by atoms with Crippen LogP contribution in [0.25, 0.3) is 0 Å². The Labute approximate surface area is 148 Å². The molecule has 25 heavy (non-hydrogen) atoms. The molecular weight excluding hydrogens is 345 g/mol. The predicted octanol–water partition coefficient (Wildman–Crippen LogP) is 0.999. The third-order valence-electron chi connectivity index (χ3n) is 5.00. The van der Waals surface area contributed by atoms with Gasteiger partial charge in [0, 0.05) is 39.8 Å². The van der Waals surface area contributed by atoms with Crippen LogP contribution in [0.1, 0.15) is 12.8 Å². The summed E-state index contributed by atoms with van der Waals surface area (Å²) in [5.74, 6) is -0.350. The summed E-state index contributed by atoms with van der Waals surface area (Å²) < 4.78 is 41.0. The van der Waals surface area contributed by atoms with E-state index < -0.39 is 15.8 Å². The number of sulfonamides is 1. The fourth-order valence-corrected chi connectivity index (χ4v) is 5.41. The highest BCUT2D eigenvalue weighted by atomic mass is 32.2. The number of nitrogens with zero attached hydrogens (tertiary/aromatic N) is 3. The molecule has 0 aromatic heterocycles. The van der Waals surface area contributed by atoms with Gasteiger partial charge < -0.3 is 4.90 Å². The summed E-state index contributed by atoms with van der Waals surface area (Å²) in [4.78, 5) is 15.6. The van der Waals surface area contributed by atoms with Gasteiger partial charge in [0.05, 0.1) is 11.4 Å². The molecule has 2 bridgehead atoms. The molecule has 0 radical (unpaired) electrons. The molecule has 1 amide bonds. The number of carbonyl (C=O) groups is 1. The summed E-state index contributed by atoms with van der Waals surface area (Å²) in [6.45, 7) is 1.97. The summed E-state index contributed by atoms with van der Waals surface area (Å²) in [7, 11) is -0.300. The zero-order valence-corrected chi connectivity index (χ0v) is 15.4. The van der Waals surface area contributed by atoms with Crippen LogP contribution in [0.3, 0.4) is 0 Å². The van der Waals surface area contributed by atoms with Crippen LogP contribution in [-0.2, 0) is 14.8 Å². The van der Waals surface area contributed by atoms with Gasteiger partial charge in [-0.3, -0.25) is 9.69 Å². The lowest BCUT2D eigenvalue weighted by Crippen LogP contribution is -2.47. The van der Waals surface area contributed by atoms with E-state index in [0.29, 0.717) is 26.2 Å². The van der Waals surface area contributed by atoms with Crippen molar-refractivity contribution in [2.45, 2.75) is 23.8 Å². The van der Waals surface area contributed by atoms with Crippen molar-refractivity contribution in [3.8, 4) is 0 Å². The summed E-state index contributed by atoms with van der Waals surface area (Å²) in [5.41, 5.74) is 0. The molecule has 0 spiro atoms. The zero-order chi connectivity index (χ0) is 18.2. The van der Waals surface area contributed by atoms with Gasteiger partial charge in [-0.25, -0.2) is 12.8 Å². The second kappa shape index (κ2) is 7.01. The average Bonchev–Trinajstić information content (AvgIpc) is 2.85. The van der Waals surface area contributed by atoms with E-state index in [9.17, 15) is 17.6 Å². The van der Waals surface area contributed by atoms with Gasteiger partial charge in [0.15, 0.2) is 0 Å². The second-order valence-electron chi connectivity index (χ2n) is 7.11. The maximum absolute atomic E-state index is 13.5. The highest BCUT2D eigenvalue weighted by Crippen LogP contribution is 2.32. The van der Waals surface area contributed by atoms with Crippen molar-refractivity contribution < 1.29 is 17.6 Å². The summed E-state index contributed by atoms with van der Waals surface area (Å²) in [6.07, 6.45) is 1.72. The molecule has 0 saturated carbocycles. The van der Waals surface area contributed by atoms with Crippen molar-refractivity contribution in [1.82, 2.24) is 14.1 Å². The van der Waals surface area contributed by atoms with Crippen LogP contribution in [0, 0.1) is 11.7 Å². The number of carbonyl (C=O) groups excluding carboxylic acids is 1. The molecule has 3 saturated heterocycles. The van der Waals surface area contributed by atoms with Crippen molar-refractivity contribution in [2.24, 2.45) is 5.92 Å².